The first-order valence-corrected chi connectivity index (χ1v) is 13.6. The van der Waals surface area contributed by atoms with Crippen molar-refractivity contribution in [2.75, 3.05) is 37.6 Å². The molecular weight excluding hydrogens is 510 g/mol. The third-order valence-electron chi connectivity index (χ3n) is 6.50. The minimum atomic E-state index is -1.71. The fourth-order valence-electron chi connectivity index (χ4n) is 4.48. The van der Waals surface area contributed by atoms with Crippen LogP contribution in [-0.2, 0) is 22.4 Å². The number of benzene rings is 2. The van der Waals surface area contributed by atoms with Crippen molar-refractivity contribution in [3.05, 3.63) is 86.6 Å². The molecule has 1 aliphatic heterocycles. The fourth-order valence-corrected chi connectivity index (χ4v) is 5.63. The fraction of sp³-hybridized carbons (Fsp3) is 0.357. The minimum Gasteiger partial charge on any atom is -0.434 e. The molecule has 0 unspecified atom stereocenters. The molecule has 2 atom stereocenters. The predicted octanol–water partition coefficient (Wildman–Crippen LogP) is 2.76. The number of thiophene rings is 1. The molecule has 2 heterocycles. The van der Waals surface area contributed by atoms with Gasteiger partial charge >= 0.3 is 5.91 Å². The quantitative estimate of drug-likeness (QED) is 0.406. The van der Waals surface area contributed by atoms with Crippen LogP contribution in [0.3, 0.4) is 0 Å². The van der Waals surface area contributed by atoms with E-state index in [1.54, 1.807) is 11.3 Å². The molecular formula is C28H33ClN3O4S+. The number of rotatable bonds is 9. The predicted molar refractivity (Wildman–Crippen MR) is 149 cm³/mol. The average molecular weight is 543 g/mol. The number of amides is 2. The summed E-state index contributed by atoms with van der Waals surface area (Å²) in [5, 5.41) is 24.0. The van der Waals surface area contributed by atoms with Gasteiger partial charge in [-0.3, -0.25) is 9.59 Å². The third kappa shape index (κ3) is 7.11. The van der Waals surface area contributed by atoms with Crippen molar-refractivity contribution in [3.63, 3.8) is 0 Å². The molecule has 9 heteroatoms. The molecule has 1 fully saturated rings. The van der Waals surface area contributed by atoms with Crippen LogP contribution in [0.5, 0.6) is 0 Å². The van der Waals surface area contributed by atoms with Crippen LogP contribution < -0.4 is 10.2 Å². The lowest BCUT2D eigenvalue weighted by atomic mass is 10.1. The molecule has 2 amide bonds. The summed E-state index contributed by atoms with van der Waals surface area (Å²) in [4.78, 5) is 30.0. The number of halogens is 1. The Morgan fingerprint density at radius 2 is 1.84 bits per heavy atom. The second-order valence-corrected chi connectivity index (χ2v) is 10.7. The number of hydrogen-bond acceptors (Lipinski definition) is 5. The molecule has 0 bridgehead atoms. The zero-order valence-corrected chi connectivity index (χ0v) is 22.4. The van der Waals surface area contributed by atoms with Crippen molar-refractivity contribution >= 4 is 40.4 Å². The number of piperazine rings is 1. The number of carbonyl (C=O) groups is 2. The number of carbonyl (C=O) groups excluding carboxylic acids is 2. The Bertz CT molecular complexity index is 1230. The molecule has 0 saturated carbocycles. The maximum atomic E-state index is 12.8. The van der Waals surface area contributed by atoms with Crippen LogP contribution >= 0.6 is 22.9 Å². The summed E-state index contributed by atoms with van der Waals surface area (Å²) in [6.07, 6.45) is -1.79. The number of aryl methyl sites for hydroxylation is 1. The van der Waals surface area contributed by atoms with Crippen molar-refractivity contribution in [2.24, 2.45) is 0 Å². The number of para-hydroxylation sites is 1. The Labute approximate surface area is 226 Å². The van der Waals surface area contributed by atoms with Gasteiger partial charge in [-0.05, 0) is 54.5 Å². The lowest BCUT2D eigenvalue weighted by Crippen LogP contribution is -2.55. The normalized spacial score (nSPS) is 15.4. The van der Waals surface area contributed by atoms with E-state index in [4.69, 9.17) is 16.7 Å². The minimum absolute atomic E-state index is 0.331. The number of nitrogens with one attached hydrogen (secondary N) is 1. The molecule has 0 spiro atoms. The molecule has 7 nitrogen and oxygen atoms in total. The molecule has 0 radical (unpaired) electrons. The zero-order chi connectivity index (χ0) is 26.4. The highest BCUT2D eigenvalue weighted by Gasteiger charge is 2.38. The average Bonchev–Trinajstić information content (AvgIpc) is 3.34. The Kier molecular flexibility index (Phi) is 9.21. The maximum Gasteiger partial charge on any atom is 0.305 e. The van der Waals surface area contributed by atoms with Gasteiger partial charge in [0.2, 0.25) is 6.10 Å². The second-order valence-electron chi connectivity index (χ2n) is 9.31. The smallest absolute Gasteiger partial charge is 0.305 e. The number of anilines is 1. The van der Waals surface area contributed by atoms with Crippen molar-refractivity contribution in [1.82, 2.24) is 10.2 Å². The van der Waals surface area contributed by atoms with E-state index >= 15 is 0 Å². The third-order valence-corrected chi connectivity index (χ3v) is 7.87. The molecule has 4 N–H and O–H groups in total. The highest BCUT2D eigenvalue weighted by atomic mass is 35.5. The van der Waals surface area contributed by atoms with E-state index in [0.29, 0.717) is 44.2 Å². The van der Waals surface area contributed by atoms with Gasteiger partial charge in [0.05, 0.1) is 10.7 Å². The maximum absolute atomic E-state index is 12.8. The summed E-state index contributed by atoms with van der Waals surface area (Å²) < 4.78 is 0. The molecule has 1 saturated heterocycles. The van der Waals surface area contributed by atoms with Crippen molar-refractivity contribution in [2.45, 2.75) is 32.0 Å². The highest BCUT2D eigenvalue weighted by molar-refractivity contribution is 7.10. The van der Waals surface area contributed by atoms with Crippen LogP contribution in [0.4, 0.5) is 5.69 Å². The Balaban J connectivity index is 1.21. The lowest BCUT2D eigenvalue weighted by molar-refractivity contribution is -0.153. The van der Waals surface area contributed by atoms with Gasteiger partial charge in [0, 0.05) is 37.6 Å². The van der Waals surface area contributed by atoms with Gasteiger partial charge in [-0.1, -0.05) is 53.6 Å². The first-order valence-electron chi connectivity index (χ1n) is 12.4. The summed E-state index contributed by atoms with van der Waals surface area (Å²) in [7, 11) is 0. The van der Waals surface area contributed by atoms with Gasteiger partial charge in [0.1, 0.15) is 0 Å². The Hall–Kier alpha value is -2.91. The van der Waals surface area contributed by atoms with E-state index < -0.39 is 24.0 Å². The van der Waals surface area contributed by atoms with Gasteiger partial charge in [-0.2, -0.15) is 0 Å². The molecule has 0 aliphatic carbocycles. The number of nitrogens with zero attached hydrogens (tertiary/aromatic N) is 2. The second kappa shape index (κ2) is 12.6. The zero-order valence-electron chi connectivity index (χ0n) is 20.8. The van der Waals surface area contributed by atoms with Crippen molar-refractivity contribution < 1.29 is 19.8 Å². The van der Waals surface area contributed by atoms with E-state index in [-0.39, 0.29) is 0 Å². The summed E-state index contributed by atoms with van der Waals surface area (Å²) in [6.45, 7) is 4.34. The number of hydrogen-bond donors (Lipinski definition) is 2. The van der Waals surface area contributed by atoms with Gasteiger partial charge < -0.3 is 25.3 Å². The monoisotopic (exact) mass is 542 g/mol. The van der Waals surface area contributed by atoms with Crippen LogP contribution in [0.2, 0.25) is 5.02 Å². The summed E-state index contributed by atoms with van der Waals surface area (Å²) in [5.41, 5.74) is 4.63. The van der Waals surface area contributed by atoms with Crippen molar-refractivity contribution in [1.29, 1.82) is 0 Å². The van der Waals surface area contributed by atoms with Gasteiger partial charge in [-0.25, -0.2) is 0 Å². The summed E-state index contributed by atoms with van der Waals surface area (Å²) in [5.74, 6) is -1.24. The molecule has 3 aromatic rings. The Morgan fingerprint density at radius 1 is 1.08 bits per heavy atom. The molecule has 1 aliphatic rings. The summed E-state index contributed by atoms with van der Waals surface area (Å²) >= 11 is 7.91. The van der Waals surface area contributed by atoms with E-state index in [0.717, 1.165) is 17.0 Å². The summed E-state index contributed by atoms with van der Waals surface area (Å²) in [6, 6.07) is 18.1. The molecule has 1 aromatic heterocycles. The van der Waals surface area contributed by atoms with Crippen LogP contribution in [0.1, 0.15) is 21.6 Å². The molecule has 196 valence electrons. The van der Waals surface area contributed by atoms with E-state index in [1.807, 2.05) is 24.3 Å². The largest absolute Gasteiger partial charge is 0.434 e. The standard InChI is InChI=1S/C28H32ClN3O4S/c1-19-5-4-6-20(15-19)16-21-17-22(37-18-21)9-10-30-27(35)25(33)26(34)28(36)32-13-11-31(12-14-32)24-8-3-2-7-23(24)29/h2-8,15,17-18,25-26,33-34H,9-14,16H2,1H3,(H,30,35)/p+1/t25-,26-/m1/s1. The van der Waals surface area contributed by atoms with Crippen LogP contribution in [-0.4, -0.2) is 71.9 Å². The highest BCUT2D eigenvalue weighted by Crippen LogP contribution is 2.26. The SMILES string of the molecule is Cc1cccc(Cc2csc(CCNC(=O)[C@H](O)[C@@H]([OH2+])C(=O)N3CCN(c4ccccc4Cl)CC3)c2)c1. The van der Waals surface area contributed by atoms with E-state index in [2.05, 4.69) is 52.9 Å². The number of aliphatic hydroxyl groups excluding tert-OH is 1. The first-order chi connectivity index (χ1) is 17.8. The van der Waals surface area contributed by atoms with E-state index in [1.165, 1.54) is 21.6 Å². The first kappa shape index (κ1) is 27.1. The van der Waals surface area contributed by atoms with Gasteiger partial charge in [0.25, 0.3) is 12.0 Å². The van der Waals surface area contributed by atoms with Crippen LogP contribution in [0, 0.1) is 6.92 Å². The van der Waals surface area contributed by atoms with Crippen LogP contribution in [0.15, 0.2) is 60.0 Å². The lowest BCUT2D eigenvalue weighted by Gasteiger charge is -2.36. The molecule has 37 heavy (non-hydrogen) atoms. The van der Waals surface area contributed by atoms with Gasteiger partial charge in [-0.15, -0.1) is 11.3 Å². The molecule has 4 rings (SSSR count). The number of aliphatic hydroxyl groups is 1. The van der Waals surface area contributed by atoms with E-state index in [9.17, 15) is 14.7 Å². The van der Waals surface area contributed by atoms with Gasteiger partial charge in [0.15, 0.2) is 0 Å². The van der Waals surface area contributed by atoms with Crippen LogP contribution in [0.25, 0.3) is 0 Å². The van der Waals surface area contributed by atoms with Crippen molar-refractivity contribution in [3.8, 4) is 0 Å². The Morgan fingerprint density at radius 3 is 2.57 bits per heavy atom. The molecule has 2 aromatic carbocycles. The topological polar surface area (TPSA) is 95.8 Å².